The van der Waals surface area contributed by atoms with E-state index in [0.717, 1.165) is 24.3 Å². The number of rotatable bonds is 7. The predicted molar refractivity (Wildman–Crippen MR) is 130 cm³/mol. The Bertz CT molecular complexity index is 1730. The zero-order chi connectivity index (χ0) is 29.3. The van der Waals surface area contributed by atoms with Crippen LogP contribution in [0.1, 0.15) is 0 Å². The minimum atomic E-state index is -5.90. The molecule has 0 N–H and O–H groups in total. The van der Waals surface area contributed by atoms with E-state index in [-0.39, 0.29) is 5.69 Å². The molecule has 40 heavy (non-hydrogen) atoms. The first-order valence-corrected chi connectivity index (χ1v) is 13.5. The van der Waals surface area contributed by atoms with Gasteiger partial charge in [-0.05, 0) is 60.2 Å². The summed E-state index contributed by atoms with van der Waals surface area (Å²) in [6.07, 6.45) is 3.06. The molecule has 0 aliphatic carbocycles. The third kappa shape index (κ3) is 6.17. The van der Waals surface area contributed by atoms with Crippen LogP contribution < -0.4 is 8.37 Å². The van der Waals surface area contributed by atoms with Crippen LogP contribution in [0.5, 0.6) is 11.5 Å². The molecule has 0 saturated carbocycles. The molecule has 0 amide bonds. The predicted octanol–water partition coefficient (Wildman–Crippen LogP) is 5.93. The fraction of sp³-hybridized carbons (Fsp3) is 0.0833. The molecule has 8 nitrogen and oxygen atoms in total. The van der Waals surface area contributed by atoms with Crippen molar-refractivity contribution < 1.29 is 51.5 Å². The van der Waals surface area contributed by atoms with Crippen molar-refractivity contribution in [2.24, 2.45) is 0 Å². The second kappa shape index (κ2) is 10.4. The van der Waals surface area contributed by atoms with Gasteiger partial charge >= 0.3 is 31.3 Å². The van der Waals surface area contributed by atoms with Crippen molar-refractivity contribution in [3.05, 3.63) is 85.2 Å². The minimum Gasteiger partial charge on any atom is -0.376 e. The molecule has 0 fully saturated rings. The van der Waals surface area contributed by atoms with Crippen LogP contribution in [0.4, 0.5) is 26.3 Å². The van der Waals surface area contributed by atoms with Crippen molar-refractivity contribution in [2.75, 3.05) is 0 Å². The number of benzene rings is 2. The highest BCUT2D eigenvalue weighted by atomic mass is 32.2. The number of pyridine rings is 2. The van der Waals surface area contributed by atoms with Crippen LogP contribution in [-0.2, 0) is 20.2 Å². The van der Waals surface area contributed by atoms with Crippen molar-refractivity contribution in [2.45, 2.75) is 11.0 Å². The lowest BCUT2D eigenvalue weighted by Crippen LogP contribution is -2.28. The molecule has 0 spiro atoms. The Kier molecular flexibility index (Phi) is 7.51. The van der Waals surface area contributed by atoms with Crippen molar-refractivity contribution in [1.82, 2.24) is 9.97 Å². The number of nitrogens with zero attached hydrogens (tertiary/aromatic N) is 2. The van der Waals surface area contributed by atoms with Crippen LogP contribution in [-0.4, -0.2) is 37.8 Å². The topological polar surface area (TPSA) is 113 Å². The van der Waals surface area contributed by atoms with Gasteiger partial charge in [-0.25, -0.2) is 4.98 Å². The van der Waals surface area contributed by atoms with Gasteiger partial charge in [0, 0.05) is 29.1 Å². The maximum absolute atomic E-state index is 12.7. The summed E-state index contributed by atoms with van der Waals surface area (Å²) in [5.74, 6) is -1.21. The van der Waals surface area contributed by atoms with Crippen LogP contribution in [0.25, 0.3) is 33.6 Å². The van der Waals surface area contributed by atoms with E-state index in [9.17, 15) is 43.2 Å². The lowest BCUT2D eigenvalue weighted by atomic mass is 9.98. The SMILES string of the molecule is O=S(=O)(Oc1ccc(-c2ccc(-c3cccnc3)nc2-c2ccc(OS(=O)(=O)C(F)(F)F)cc2)cc1)C(F)(F)F. The number of aromatic nitrogens is 2. The molecular weight excluding hydrogens is 590 g/mol. The first kappa shape index (κ1) is 28.8. The quantitative estimate of drug-likeness (QED) is 0.145. The molecule has 4 rings (SSSR count). The number of hydrogen-bond donors (Lipinski definition) is 0. The lowest BCUT2D eigenvalue weighted by Gasteiger charge is -2.14. The van der Waals surface area contributed by atoms with Gasteiger partial charge in [0.1, 0.15) is 11.5 Å². The van der Waals surface area contributed by atoms with E-state index in [1.807, 2.05) is 0 Å². The van der Waals surface area contributed by atoms with Gasteiger partial charge in [0.05, 0.1) is 11.4 Å². The molecular formula is C24H14F6N2O6S2. The van der Waals surface area contributed by atoms with Crippen molar-refractivity contribution in [3.63, 3.8) is 0 Å². The van der Waals surface area contributed by atoms with Crippen LogP contribution in [0, 0.1) is 0 Å². The average molecular weight is 605 g/mol. The zero-order valence-corrected chi connectivity index (χ0v) is 21.1. The van der Waals surface area contributed by atoms with Crippen LogP contribution >= 0.6 is 0 Å². The minimum absolute atomic E-state index is 0.239. The van der Waals surface area contributed by atoms with E-state index in [2.05, 4.69) is 18.3 Å². The highest BCUT2D eigenvalue weighted by Gasteiger charge is 2.49. The monoisotopic (exact) mass is 604 g/mol. The summed E-state index contributed by atoms with van der Waals surface area (Å²) >= 11 is 0. The van der Waals surface area contributed by atoms with E-state index < -0.39 is 42.8 Å². The van der Waals surface area contributed by atoms with Crippen LogP contribution in [0.15, 0.2) is 85.2 Å². The molecule has 0 aliphatic rings. The normalized spacial score (nSPS) is 12.7. The number of alkyl halides is 6. The molecule has 0 atom stereocenters. The maximum atomic E-state index is 12.7. The molecule has 4 aromatic rings. The van der Waals surface area contributed by atoms with Gasteiger partial charge < -0.3 is 8.37 Å². The molecule has 0 unspecified atom stereocenters. The zero-order valence-electron chi connectivity index (χ0n) is 19.5. The molecule has 210 valence electrons. The largest absolute Gasteiger partial charge is 0.534 e. The Hall–Kier alpha value is -4.18. The van der Waals surface area contributed by atoms with Gasteiger partial charge in [0.2, 0.25) is 0 Å². The summed E-state index contributed by atoms with van der Waals surface area (Å²) in [4.78, 5) is 8.61. The Balaban J connectivity index is 1.74. The Morgan fingerprint density at radius 3 is 1.55 bits per heavy atom. The van der Waals surface area contributed by atoms with Gasteiger partial charge in [-0.1, -0.05) is 18.2 Å². The summed E-state index contributed by atoms with van der Waals surface area (Å²) in [6.45, 7) is 0. The first-order valence-electron chi connectivity index (χ1n) is 10.7. The van der Waals surface area contributed by atoms with E-state index in [0.29, 0.717) is 27.9 Å². The molecule has 16 heteroatoms. The standard InChI is InChI=1S/C24H14F6N2O6S2/c25-23(26,27)39(33,34)37-18-7-3-15(4-8-18)20-11-12-21(17-2-1-13-31-14-17)32-22(20)16-5-9-19(10-6-16)38-40(35,36)24(28,29)30/h1-14H. The summed E-state index contributed by atoms with van der Waals surface area (Å²) in [5, 5.41) is 0. The smallest absolute Gasteiger partial charge is 0.376 e. The summed E-state index contributed by atoms with van der Waals surface area (Å²) in [6, 6.07) is 15.6. The van der Waals surface area contributed by atoms with E-state index in [4.69, 9.17) is 0 Å². The number of halogens is 6. The van der Waals surface area contributed by atoms with E-state index >= 15 is 0 Å². The summed E-state index contributed by atoms with van der Waals surface area (Å²) < 4.78 is 129. The van der Waals surface area contributed by atoms with Gasteiger partial charge in [-0.15, -0.1) is 0 Å². The molecule has 0 aliphatic heterocycles. The average Bonchev–Trinajstić information content (AvgIpc) is 2.88. The Morgan fingerprint density at radius 1 is 0.600 bits per heavy atom. The second-order valence-corrected chi connectivity index (χ2v) is 10.9. The Morgan fingerprint density at radius 2 is 1.10 bits per heavy atom. The van der Waals surface area contributed by atoms with Crippen LogP contribution in [0.2, 0.25) is 0 Å². The lowest BCUT2D eigenvalue weighted by molar-refractivity contribution is -0.0504. The van der Waals surface area contributed by atoms with Crippen molar-refractivity contribution >= 4 is 20.2 Å². The van der Waals surface area contributed by atoms with Gasteiger partial charge in [-0.3, -0.25) is 4.98 Å². The first-order chi connectivity index (χ1) is 18.6. The second-order valence-electron chi connectivity index (χ2n) is 7.85. The highest BCUT2D eigenvalue weighted by Crippen LogP contribution is 2.36. The third-order valence-electron chi connectivity index (χ3n) is 5.12. The van der Waals surface area contributed by atoms with Gasteiger partial charge in [0.15, 0.2) is 0 Å². The molecule has 0 saturated heterocycles. The molecule has 2 aromatic heterocycles. The maximum Gasteiger partial charge on any atom is 0.534 e. The van der Waals surface area contributed by atoms with Crippen molar-refractivity contribution in [1.29, 1.82) is 0 Å². The Labute approximate surface area is 223 Å². The fourth-order valence-corrected chi connectivity index (χ4v) is 4.21. The molecule has 0 bridgehead atoms. The summed E-state index contributed by atoms with van der Waals surface area (Å²) in [5.41, 5.74) is -8.93. The van der Waals surface area contributed by atoms with Gasteiger partial charge in [0.25, 0.3) is 0 Å². The third-order valence-corrected chi connectivity index (χ3v) is 7.08. The van der Waals surface area contributed by atoms with E-state index in [1.165, 1.54) is 36.7 Å². The molecule has 0 radical (unpaired) electrons. The summed E-state index contributed by atoms with van der Waals surface area (Å²) in [7, 11) is -11.8. The molecule has 2 aromatic carbocycles. The fourth-order valence-electron chi connectivity index (χ4n) is 3.29. The van der Waals surface area contributed by atoms with Crippen molar-refractivity contribution in [3.8, 4) is 45.1 Å². The molecule has 2 heterocycles. The van der Waals surface area contributed by atoms with Gasteiger partial charge in [-0.2, -0.15) is 43.2 Å². The highest BCUT2D eigenvalue weighted by molar-refractivity contribution is 7.88. The van der Waals surface area contributed by atoms with E-state index in [1.54, 1.807) is 24.3 Å². The number of hydrogen-bond acceptors (Lipinski definition) is 8. The van der Waals surface area contributed by atoms with Crippen LogP contribution in [0.3, 0.4) is 0 Å².